The summed E-state index contributed by atoms with van der Waals surface area (Å²) in [6, 6.07) is 8.56. The maximum atomic E-state index is 14.6. The highest BCUT2D eigenvalue weighted by molar-refractivity contribution is 5.82. The molecular weight excluding hydrogens is 348 g/mol. The van der Waals surface area contributed by atoms with Crippen molar-refractivity contribution in [2.24, 2.45) is 5.41 Å². The van der Waals surface area contributed by atoms with Crippen LogP contribution < -0.4 is 0 Å². The molecule has 0 radical (unpaired) electrons. The molecule has 0 saturated heterocycles. The standard InChI is InChI=1S/C20H20F4O2/c1-2-3-13-26-18(25)10-12-19(20(22,23)24)11-9-16(14-17(19)21)15-7-5-4-6-8-15/h4-12,14,17H,2-3,13H2,1H3/b12-10+. The van der Waals surface area contributed by atoms with Gasteiger partial charge in [-0.1, -0.05) is 61.9 Å². The monoisotopic (exact) mass is 368 g/mol. The molecule has 0 aromatic heterocycles. The average molecular weight is 368 g/mol. The molecule has 1 aromatic rings. The fourth-order valence-corrected chi connectivity index (χ4v) is 2.56. The number of allylic oxidation sites excluding steroid dienone is 5. The smallest absolute Gasteiger partial charge is 0.404 e. The fraction of sp³-hybridized carbons (Fsp3) is 0.350. The molecule has 0 heterocycles. The van der Waals surface area contributed by atoms with E-state index in [4.69, 9.17) is 4.74 Å². The summed E-state index contributed by atoms with van der Waals surface area (Å²) in [7, 11) is 0. The normalized spacial score (nSPS) is 23.1. The van der Waals surface area contributed by atoms with E-state index < -0.39 is 23.7 Å². The number of esters is 1. The molecule has 6 heteroatoms. The molecule has 0 N–H and O–H groups in total. The van der Waals surface area contributed by atoms with Crippen molar-refractivity contribution in [3.63, 3.8) is 0 Å². The Labute approximate surface area is 149 Å². The molecule has 0 aliphatic heterocycles. The largest absolute Gasteiger partial charge is 0.463 e. The van der Waals surface area contributed by atoms with Gasteiger partial charge in [0, 0.05) is 6.08 Å². The van der Waals surface area contributed by atoms with Gasteiger partial charge >= 0.3 is 12.1 Å². The van der Waals surface area contributed by atoms with E-state index in [0.29, 0.717) is 29.7 Å². The molecule has 26 heavy (non-hydrogen) atoms. The molecule has 0 fully saturated rings. The van der Waals surface area contributed by atoms with Gasteiger partial charge in [0.25, 0.3) is 0 Å². The van der Waals surface area contributed by atoms with E-state index in [1.165, 1.54) is 6.08 Å². The number of unbranched alkanes of at least 4 members (excludes halogenated alkanes) is 1. The van der Waals surface area contributed by atoms with Crippen LogP contribution in [0, 0.1) is 5.41 Å². The van der Waals surface area contributed by atoms with Gasteiger partial charge in [0.15, 0.2) is 0 Å². The number of benzene rings is 1. The fourth-order valence-electron chi connectivity index (χ4n) is 2.56. The van der Waals surface area contributed by atoms with Crippen LogP contribution in [0.1, 0.15) is 25.3 Å². The average Bonchev–Trinajstić information content (AvgIpc) is 2.60. The van der Waals surface area contributed by atoms with Crippen molar-refractivity contribution in [3.05, 3.63) is 66.3 Å². The quantitative estimate of drug-likeness (QED) is 0.290. The number of ether oxygens (including phenoxy) is 1. The first-order valence-electron chi connectivity index (χ1n) is 8.33. The first-order chi connectivity index (χ1) is 12.3. The van der Waals surface area contributed by atoms with Gasteiger partial charge in [-0.05, 0) is 23.6 Å². The van der Waals surface area contributed by atoms with Crippen LogP contribution in [0.3, 0.4) is 0 Å². The third kappa shape index (κ3) is 4.42. The number of halogens is 4. The van der Waals surface area contributed by atoms with Crippen LogP contribution in [0.5, 0.6) is 0 Å². The van der Waals surface area contributed by atoms with Crippen molar-refractivity contribution in [1.82, 2.24) is 0 Å². The van der Waals surface area contributed by atoms with Crippen molar-refractivity contribution in [1.29, 1.82) is 0 Å². The Morgan fingerprint density at radius 1 is 1.27 bits per heavy atom. The minimum Gasteiger partial charge on any atom is -0.463 e. The summed E-state index contributed by atoms with van der Waals surface area (Å²) in [5, 5.41) is 0. The Hall–Kier alpha value is -2.37. The second kappa shape index (κ2) is 8.34. The van der Waals surface area contributed by atoms with Crippen molar-refractivity contribution >= 4 is 11.5 Å². The Balaban J connectivity index is 2.25. The number of carbonyl (C=O) groups excluding carboxylic acids is 1. The number of hydrogen-bond donors (Lipinski definition) is 0. The van der Waals surface area contributed by atoms with E-state index in [2.05, 4.69) is 0 Å². The lowest BCUT2D eigenvalue weighted by atomic mass is 9.76. The van der Waals surface area contributed by atoms with Gasteiger partial charge in [0.1, 0.15) is 11.6 Å². The van der Waals surface area contributed by atoms with Crippen molar-refractivity contribution in [3.8, 4) is 0 Å². The highest BCUT2D eigenvalue weighted by Gasteiger charge is 2.57. The molecule has 2 nitrogen and oxygen atoms in total. The number of carbonyl (C=O) groups is 1. The van der Waals surface area contributed by atoms with Crippen LogP contribution in [-0.4, -0.2) is 24.9 Å². The third-order valence-electron chi connectivity index (χ3n) is 4.16. The summed E-state index contributed by atoms with van der Waals surface area (Å²) in [6.45, 7) is 2.01. The number of hydrogen-bond acceptors (Lipinski definition) is 2. The summed E-state index contributed by atoms with van der Waals surface area (Å²) in [5.41, 5.74) is -1.92. The maximum Gasteiger partial charge on any atom is 0.404 e. The lowest BCUT2D eigenvalue weighted by Gasteiger charge is -2.34. The van der Waals surface area contributed by atoms with E-state index in [9.17, 15) is 22.4 Å². The second-order valence-electron chi connectivity index (χ2n) is 6.01. The van der Waals surface area contributed by atoms with E-state index in [1.807, 2.05) is 6.92 Å². The predicted octanol–water partition coefficient (Wildman–Crippen LogP) is 5.43. The third-order valence-corrected chi connectivity index (χ3v) is 4.16. The van der Waals surface area contributed by atoms with E-state index in [1.54, 1.807) is 30.3 Å². The van der Waals surface area contributed by atoms with Crippen LogP contribution >= 0.6 is 0 Å². The van der Waals surface area contributed by atoms with Gasteiger partial charge in [-0.2, -0.15) is 13.2 Å². The van der Waals surface area contributed by atoms with Crippen LogP contribution in [0.4, 0.5) is 17.6 Å². The van der Waals surface area contributed by atoms with Crippen molar-refractivity contribution in [2.75, 3.05) is 6.61 Å². The molecule has 1 aliphatic carbocycles. The molecule has 2 atom stereocenters. The lowest BCUT2D eigenvalue weighted by Crippen LogP contribution is -2.43. The van der Waals surface area contributed by atoms with Gasteiger partial charge in [0.05, 0.1) is 6.61 Å². The molecule has 0 amide bonds. The number of alkyl halides is 4. The van der Waals surface area contributed by atoms with Crippen LogP contribution in [-0.2, 0) is 9.53 Å². The Morgan fingerprint density at radius 3 is 2.54 bits per heavy atom. The van der Waals surface area contributed by atoms with Crippen molar-refractivity contribution in [2.45, 2.75) is 32.1 Å². The first kappa shape index (κ1) is 19.9. The molecule has 0 spiro atoms. The van der Waals surface area contributed by atoms with Crippen LogP contribution in [0.25, 0.3) is 5.57 Å². The van der Waals surface area contributed by atoms with E-state index >= 15 is 0 Å². The summed E-state index contributed by atoms with van der Waals surface area (Å²) >= 11 is 0. The van der Waals surface area contributed by atoms with Gasteiger partial charge in [-0.3, -0.25) is 0 Å². The molecule has 140 valence electrons. The van der Waals surface area contributed by atoms with Gasteiger partial charge in [-0.25, -0.2) is 9.18 Å². The highest BCUT2D eigenvalue weighted by Crippen LogP contribution is 2.48. The molecule has 2 unspecified atom stereocenters. The Morgan fingerprint density at radius 2 is 1.96 bits per heavy atom. The Kier molecular flexibility index (Phi) is 6.40. The molecule has 0 saturated carbocycles. The zero-order valence-electron chi connectivity index (χ0n) is 14.3. The zero-order valence-corrected chi connectivity index (χ0v) is 14.3. The van der Waals surface area contributed by atoms with E-state index in [0.717, 1.165) is 18.6 Å². The molecular formula is C20H20F4O2. The van der Waals surface area contributed by atoms with E-state index in [-0.39, 0.29) is 6.61 Å². The molecule has 2 rings (SSSR count). The molecule has 1 aromatic carbocycles. The maximum absolute atomic E-state index is 14.6. The van der Waals surface area contributed by atoms with Crippen LogP contribution in [0.15, 0.2) is 60.7 Å². The van der Waals surface area contributed by atoms with Gasteiger partial charge in [-0.15, -0.1) is 0 Å². The topological polar surface area (TPSA) is 26.3 Å². The predicted molar refractivity (Wildman–Crippen MR) is 92.0 cm³/mol. The second-order valence-corrected chi connectivity index (χ2v) is 6.01. The lowest BCUT2D eigenvalue weighted by molar-refractivity contribution is -0.202. The first-order valence-corrected chi connectivity index (χ1v) is 8.33. The zero-order chi connectivity index (χ0) is 19.2. The number of rotatable bonds is 6. The summed E-state index contributed by atoms with van der Waals surface area (Å²) in [5.74, 6) is -0.916. The van der Waals surface area contributed by atoms with Crippen molar-refractivity contribution < 1.29 is 27.1 Å². The summed E-state index contributed by atoms with van der Waals surface area (Å²) < 4.78 is 60.3. The minimum absolute atomic E-state index is 0.117. The summed E-state index contributed by atoms with van der Waals surface area (Å²) in [4.78, 5) is 11.6. The van der Waals surface area contributed by atoms with Gasteiger partial charge < -0.3 is 4.74 Å². The molecule has 0 bridgehead atoms. The summed E-state index contributed by atoms with van der Waals surface area (Å²) in [6.07, 6.45) is -1.76. The van der Waals surface area contributed by atoms with Crippen LogP contribution in [0.2, 0.25) is 0 Å². The van der Waals surface area contributed by atoms with Gasteiger partial charge in [0.2, 0.25) is 0 Å². The highest BCUT2D eigenvalue weighted by atomic mass is 19.4. The molecule has 1 aliphatic rings. The SMILES string of the molecule is CCCCOC(=O)/C=C/C1(C(F)(F)F)C=CC(c2ccccc2)=CC1F. The Bertz CT molecular complexity index is 704. The minimum atomic E-state index is -4.90.